The summed E-state index contributed by atoms with van der Waals surface area (Å²) in [6.45, 7) is 4.38. The van der Waals surface area contributed by atoms with Crippen molar-refractivity contribution in [1.82, 2.24) is 5.32 Å². The van der Waals surface area contributed by atoms with Crippen molar-refractivity contribution in [3.8, 4) is 0 Å². The van der Waals surface area contributed by atoms with Crippen LogP contribution in [-0.2, 0) is 14.9 Å². The van der Waals surface area contributed by atoms with Crippen LogP contribution in [0.5, 0.6) is 0 Å². The molecule has 48 heavy (non-hydrogen) atoms. The maximum atomic E-state index is 12.5. The van der Waals surface area contributed by atoms with Gasteiger partial charge in [0.15, 0.2) is 0 Å². The van der Waals surface area contributed by atoms with E-state index in [0.29, 0.717) is 12.8 Å². The van der Waals surface area contributed by atoms with Gasteiger partial charge in [0, 0.05) is 6.42 Å². The largest absolute Gasteiger partial charge is 0.387 e. The maximum absolute atomic E-state index is 12.5. The molecular formula is C41H69NO5S. The highest BCUT2D eigenvalue weighted by Gasteiger charge is 2.24. The van der Waals surface area contributed by atoms with Gasteiger partial charge in [-0.15, -0.1) is 0 Å². The van der Waals surface area contributed by atoms with Crippen LogP contribution in [0.2, 0.25) is 0 Å². The van der Waals surface area contributed by atoms with Crippen molar-refractivity contribution >= 4 is 16.0 Å². The molecule has 0 heterocycles. The van der Waals surface area contributed by atoms with E-state index in [0.717, 1.165) is 64.2 Å². The van der Waals surface area contributed by atoms with E-state index in [9.17, 15) is 22.9 Å². The van der Waals surface area contributed by atoms with Crippen molar-refractivity contribution in [3.05, 3.63) is 85.1 Å². The lowest BCUT2D eigenvalue weighted by Crippen LogP contribution is -2.46. The van der Waals surface area contributed by atoms with Crippen LogP contribution in [0.3, 0.4) is 0 Å². The third-order valence-electron chi connectivity index (χ3n) is 7.81. The smallest absolute Gasteiger partial charge is 0.267 e. The molecule has 0 aromatic heterocycles. The Morgan fingerprint density at radius 3 is 1.56 bits per heavy atom. The zero-order valence-corrected chi connectivity index (χ0v) is 31.1. The number of hydrogen-bond donors (Lipinski definition) is 3. The molecule has 0 aliphatic heterocycles. The molecule has 0 fully saturated rings. The third kappa shape index (κ3) is 34.8. The summed E-state index contributed by atoms with van der Waals surface area (Å²) in [6.07, 6.45) is 49.9. The van der Waals surface area contributed by atoms with Crippen LogP contribution < -0.4 is 5.32 Å². The Bertz CT molecular complexity index is 1070. The topological polar surface area (TPSA) is 104 Å². The van der Waals surface area contributed by atoms with Crippen LogP contribution in [0.25, 0.3) is 0 Å². The Labute approximate surface area is 295 Å². The number of allylic oxidation sites excluding steroid dienone is 13. The first-order valence-electron chi connectivity index (χ1n) is 18.8. The molecule has 0 bridgehead atoms. The molecule has 0 aliphatic rings. The van der Waals surface area contributed by atoms with Gasteiger partial charge in [0.25, 0.3) is 10.1 Å². The molecule has 0 saturated heterocycles. The summed E-state index contributed by atoms with van der Waals surface area (Å²) in [5.74, 6) is -1.05. The van der Waals surface area contributed by atoms with E-state index in [1.54, 1.807) is 6.08 Å². The van der Waals surface area contributed by atoms with Crippen molar-refractivity contribution in [2.75, 3.05) is 5.75 Å². The van der Waals surface area contributed by atoms with Crippen molar-refractivity contribution in [2.24, 2.45) is 0 Å². The van der Waals surface area contributed by atoms with Crippen LogP contribution in [0, 0.1) is 0 Å². The standard InChI is InChI=1S/C41H69NO5S/c1-3-5-7-9-11-13-15-17-19-20-21-22-23-25-27-29-31-33-35-37-41(44)42-39(38-48(45,46)47)40(43)36-34-32-30-28-26-24-18-16-14-12-10-8-6-4-2/h5,7,11,13,17,19,21-22,25-28,34,36,39-40,43H,3-4,6,8-10,12,14-16,18,20,23-24,29-33,35,37-38H2,1-2H3,(H,42,44)(H,45,46,47)/b7-5-,13-11-,19-17-,22-21-,27-25-,28-26+,36-34+. The van der Waals surface area contributed by atoms with E-state index in [1.165, 1.54) is 57.4 Å². The minimum absolute atomic E-state index is 0.244. The first kappa shape index (κ1) is 45.5. The Hall–Kier alpha value is -2.48. The monoisotopic (exact) mass is 687 g/mol. The van der Waals surface area contributed by atoms with E-state index >= 15 is 0 Å². The second kappa shape index (κ2) is 34.4. The molecule has 7 heteroatoms. The molecule has 0 radical (unpaired) electrons. The molecular weight excluding hydrogens is 619 g/mol. The van der Waals surface area contributed by atoms with Crippen LogP contribution in [0.1, 0.15) is 149 Å². The molecule has 3 N–H and O–H groups in total. The Kier molecular flexibility index (Phi) is 32.6. The quantitative estimate of drug-likeness (QED) is 0.0371. The van der Waals surface area contributed by atoms with Gasteiger partial charge in [0.1, 0.15) is 0 Å². The van der Waals surface area contributed by atoms with Gasteiger partial charge < -0.3 is 10.4 Å². The number of aliphatic hydroxyl groups excluding tert-OH is 1. The van der Waals surface area contributed by atoms with E-state index in [2.05, 4.69) is 92.1 Å². The molecule has 1 amide bonds. The van der Waals surface area contributed by atoms with Crippen molar-refractivity contribution in [1.29, 1.82) is 0 Å². The fourth-order valence-corrected chi connectivity index (χ4v) is 5.75. The predicted octanol–water partition coefficient (Wildman–Crippen LogP) is 10.8. The first-order valence-corrected chi connectivity index (χ1v) is 20.4. The van der Waals surface area contributed by atoms with Gasteiger partial charge in [0.05, 0.1) is 17.9 Å². The van der Waals surface area contributed by atoms with Crippen molar-refractivity contribution in [3.63, 3.8) is 0 Å². The number of carbonyl (C=O) groups excluding carboxylic acids is 1. The number of rotatable bonds is 32. The number of aliphatic hydroxyl groups is 1. The van der Waals surface area contributed by atoms with Gasteiger partial charge in [-0.05, 0) is 77.0 Å². The summed E-state index contributed by atoms with van der Waals surface area (Å²) in [4.78, 5) is 12.5. The number of unbranched alkanes of at least 4 members (excludes halogenated alkanes) is 12. The van der Waals surface area contributed by atoms with Gasteiger partial charge in [-0.2, -0.15) is 8.42 Å². The Morgan fingerprint density at radius 2 is 1.02 bits per heavy atom. The molecule has 0 aliphatic carbocycles. The maximum Gasteiger partial charge on any atom is 0.267 e. The van der Waals surface area contributed by atoms with E-state index in [4.69, 9.17) is 0 Å². The van der Waals surface area contributed by atoms with Crippen LogP contribution in [0.15, 0.2) is 85.1 Å². The van der Waals surface area contributed by atoms with Gasteiger partial charge >= 0.3 is 0 Å². The molecule has 0 aromatic carbocycles. The second-order valence-corrected chi connectivity index (χ2v) is 14.0. The van der Waals surface area contributed by atoms with Crippen LogP contribution >= 0.6 is 0 Å². The summed E-state index contributed by atoms with van der Waals surface area (Å²) in [5.41, 5.74) is 0. The van der Waals surface area contributed by atoms with Gasteiger partial charge in [-0.3, -0.25) is 9.35 Å². The highest BCUT2D eigenvalue weighted by Crippen LogP contribution is 2.11. The Morgan fingerprint density at radius 1 is 0.583 bits per heavy atom. The number of amides is 1. The SMILES string of the molecule is CC/C=C\C/C=C\C/C=C\C/C=C\C/C=C\CCCCCC(=O)NC(CS(=O)(=O)O)C(O)/C=C/CC/C=C/CCCCCCCCCC. The lowest BCUT2D eigenvalue weighted by atomic mass is 10.1. The summed E-state index contributed by atoms with van der Waals surface area (Å²) in [5, 5.41) is 13.1. The van der Waals surface area contributed by atoms with Gasteiger partial charge in [-0.1, -0.05) is 150 Å². The molecule has 6 nitrogen and oxygen atoms in total. The average molecular weight is 688 g/mol. The summed E-state index contributed by atoms with van der Waals surface area (Å²) in [7, 11) is -4.37. The first-order chi connectivity index (χ1) is 23.3. The fourth-order valence-electron chi connectivity index (χ4n) is 5.02. The van der Waals surface area contributed by atoms with Crippen LogP contribution in [0.4, 0.5) is 0 Å². The second-order valence-electron chi connectivity index (χ2n) is 12.5. The average Bonchev–Trinajstić information content (AvgIpc) is 3.05. The normalized spacial score (nSPS) is 14.3. The highest BCUT2D eigenvalue weighted by molar-refractivity contribution is 7.85. The molecule has 0 spiro atoms. The summed E-state index contributed by atoms with van der Waals surface area (Å²) >= 11 is 0. The van der Waals surface area contributed by atoms with E-state index in [-0.39, 0.29) is 12.3 Å². The molecule has 274 valence electrons. The fraction of sp³-hybridized carbons (Fsp3) is 0.634. The molecule has 0 rings (SSSR count). The highest BCUT2D eigenvalue weighted by atomic mass is 32.2. The predicted molar refractivity (Wildman–Crippen MR) is 207 cm³/mol. The van der Waals surface area contributed by atoms with Crippen molar-refractivity contribution in [2.45, 2.75) is 161 Å². The Balaban J connectivity index is 4.13. The minimum Gasteiger partial charge on any atom is -0.387 e. The lowest BCUT2D eigenvalue weighted by molar-refractivity contribution is -0.122. The molecule has 0 aromatic rings. The van der Waals surface area contributed by atoms with Gasteiger partial charge in [0.2, 0.25) is 5.91 Å². The van der Waals surface area contributed by atoms with Crippen LogP contribution in [-0.4, -0.2) is 41.9 Å². The number of carbonyl (C=O) groups is 1. The zero-order chi connectivity index (χ0) is 35.4. The summed E-state index contributed by atoms with van der Waals surface area (Å²) < 4.78 is 32.4. The van der Waals surface area contributed by atoms with E-state index < -0.39 is 28.0 Å². The number of hydrogen-bond acceptors (Lipinski definition) is 4. The third-order valence-corrected chi connectivity index (χ3v) is 8.59. The molecule has 2 atom stereocenters. The number of nitrogens with one attached hydrogen (secondary N) is 1. The zero-order valence-electron chi connectivity index (χ0n) is 30.3. The van der Waals surface area contributed by atoms with E-state index in [1.807, 2.05) is 0 Å². The molecule has 0 saturated carbocycles. The van der Waals surface area contributed by atoms with Crippen molar-refractivity contribution < 1.29 is 22.9 Å². The summed E-state index contributed by atoms with van der Waals surface area (Å²) in [6, 6.07) is -1.09. The molecule has 2 unspecified atom stereocenters. The minimum atomic E-state index is -4.37. The lowest BCUT2D eigenvalue weighted by Gasteiger charge is -2.21. The van der Waals surface area contributed by atoms with Gasteiger partial charge in [-0.25, -0.2) is 0 Å².